The van der Waals surface area contributed by atoms with Crippen LogP contribution in [0.25, 0.3) is 16.9 Å². The molecule has 2 saturated heterocycles. The third-order valence-electron chi connectivity index (χ3n) is 9.45. The van der Waals surface area contributed by atoms with E-state index in [1.165, 1.54) is 17.0 Å². The van der Waals surface area contributed by atoms with Gasteiger partial charge in [0.25, 0.3) is 5.91 Å². The number of halogens is 4. The summed E-state index contributed by atoms with van der Waals surface area (Å²) in [6, 6.07) is 8.00. The number of hydrogen-bond donors (Lipinski definition) is 1. The number of rotatable bonds is 4. The molecule has 3 fully saturated rings. The van der Waals surface area contributed by atoms with Crippen LogP contribution >= 0.6 is 0 Å². The van der Waals surface area contributed by atoms with Crippen molar-refractivity contribution in [3.63, 3.8) is 0 Å². The predicted octanol–water partition coefficient (Wildman–Crippen LogP) is 4.97. The third kappa shape index (κ3) is 5.80. The summed E-state index contributed by atoms with van der Waals surface area (Å²) in [5.74, 6) is -1.98. The van der Waals surface area contributed by atoms with Crippen molar-refractivity contribution >= 4 is 17.5 Å². The van der Waals surface area contributed by atoms with Gasteiger partial charge in [0.1, 0.15) is 11.5 Å². The Hall–Kier alpha value is -3.58. The van der Waals surface area contributed by atoms with Crippen LogP contribution in [0.2, 0.25) is 0 Å². The Morgan fingerprint density at radius 3 is 2.29 bits per heavy atom. The van der Waals surface area contributed by atoms with E-state index in [0.29, 0.717) is 11.3 Å². The van der Waals surface area contributed by atoms with Crippen LogP contribution in [0, 0.1) is 11.7 Å². The molecule has 1 saturated carbocycles. The fraction of sp³-hybridized carbons (Fsp3) is 0.562. The predicted molar refractivity (Wildman–Crippen MR) is 156 cm³/mol. The summed E-state index contributed by atoms with van der Waals surface area (Å²) in [6.45, 7) is 8.09. The summed E-state index contributed by atoms with van der Waals surface area (Å²) in [7, 11) is 0. The summed E-state index contributed by atoms with van der Waals surface area (Å²) < 4.78 is 60.5. The number of amides is 2. The fourth-order valence-corrected chi connectivity index (χ4v) is 7.10. The summed E-state index contributed by atoms with van der Waals surface area (Å²) in [4.78, 5) is 34.9. The highest BCUT2D eigenvalue weighted by atomic mass is 19.4. The highest BCUT2D eigenvalue weighted by Crippen LogP contribution is 2.49. The van der Waals surface area contributed by atoms with Gasteiger partial charge in [-0.15, -0.1) is 0 Å². The second-order valence-corrected chi connectivity index (χ2v) is 13.5. The first-order chi connectivity index (χ1) is 21.0. The van der Waals surface area contributed by atoms with Gasteiger partial charge in [0.05, 0.1) is 29.6 Å². The maximum Gasteiger partial charge on any atom is 0.417 e. The molecule has 2 amide bonds. The Balaban J connectivity index is 1.26. The second kappa shape index (κ2) is 11.0. The van der Waals surface area contributed by atoms with Gasteiger partial charge in [0.15, 0.2) is 11.2 Å². The van der Waals surface area contributed by atoms with E-state index in [1.54, 1.807) is 41.6 Å². The van der Waals surface area contributed by atoms with E-state index >= 15 is 0 Å². The van der Waals surface area contributed by atoms with Gasteiger partial charge in [-0.25, -0.2) is 13.9 Å². The zero-order valence-electron chi connectivity index (χ0n) is 25.6. The monoisotopic (exact) mass is 631 g/mol. The SMILES string of the molecule is C[C@@H]1CC(c2cc(-c3ccc(F)cc3)nn3cc(C(=O)N4CCN(C(=O)C5CC(O)(C(F)(F)F)C5)CC4(C)C)nc23)C[C@H](C)O1. The fourth-order valence-electron chi connectivity index (χ4n) is 7.10. The minimum Gasteiger partial charge on any atom is -0.380 e. The molecular weight excluding hydrogens is 594 g/mol. The molecule has 1 aliphatic carbocycles. The van der Waals surface area contributed by atoms with Crippen molar-refractivity contribution in [2.75, 3.05) is 19.6 Å². The van der Waals surface area contributed by atoms with Gasteiger partial charge in [-0.3, -0.25) is 9.59 Å². The topological polar surface area (TPSA) is 100 Å². The van der Waals surface area contributed by atoms with E-state index in [2.05, 4.69) is 0 Å². The molecule has 2 aromatic heterocycles. The first-order valence-electron chi connectivity index (χ1n) is 15.3. The van der Waals surface area contributed by atoms with Crippen LogP contribution in [0.5, 0.6) is 0 Å². The number of imidazole rings is 1. The Labute approximate surface area is 258 Å². The molecule has 13 heteroatoms. The van der Waals surface area contributed by atoms with Crippen molar-refractivity contribution in [1.29, 1.82) is 0 Å². The van der Waals surface area contributed by atoms with E-state index in [0.717, 1.165) is 24.0 Å². The lowest BCUT2D eigenvalue weighted by atomic mass is 9.69. The minimum absolute atomic E-state index is 0.0271. The first kappa shape index (κ1) is 31.4. The van der Waals surface area contributed by atoms with Gasteiger partial charge in [-0.05, 0) is 89.6 Å². The molecule has 1 N–H and O–H groups in total. The number of nitrogens with zero attached hydrogens (tertiary/aromatic N) is 5. The van der Waals surface area contributed by atoms with Crippen LogP contribution in [-0.4, -0.2) is 90.5 Å². The van der Waals surface area contributed by atoms with Gasteiger partial charge in [-0.2, -0.15) is 18.3 Å². The molecule has 1 aromatic carbocycles. The number of aliphatic hydroxyl groups is 1. The number of benzene rings is 1. The van der Waals surface area contributed by atoms with Gasteiger partial charge in [-0.1, -0.05) is 0 Å². The lowest BCUT2D eigenvalue weighted by Crippen LogP contribution is -2.65. The van der Waals surface area contributed by atoms with E-state index in [9.17, 15) is 32.3 Å². The van der Waals surface area contributed by atoms with Crippen molar-refractivity contribution in [1.82, 2.24) is 24.4 Å². The molecular formula is C32H37F4N5O4. The molecule has 9 nitrogen and oxygen atoms in total. The van der Waals surface area contributed by atoms with Gasteiger partial charge >= 0.3 is 6.18 Å². The number of alkyl halides is 3. The van der Waals surface area contributed by atoms with E-state index < -0.39 is 42.0 Å². The summed E-state index contributed by atoms with van der Waals surface area (Å²) in [6.07, 6.45) is -2.94. The summed E-state index contributed by atoms with van der Waals surface area (Å²) >= 11 is 0. The molecule has 3 aromatic rings. The molecule has 0 radical (unpaired) electrons. The molecule has 6 rings (SSSR count). The number of hydrogen-bond acceptors (Lipinski definition) is 6. The molecule has 45 heavy (non-hydrogen) atoms. The Kier molecular flexibility index (Phi) is 7.71. The number of carbonyl (C=O) groups is 2. The minimum atomic E-state index is -4.78. The number of ether oxygens (including phenoxy) is 1. The maximum atomic E-state index is 13.9. The quantitative estimate of drug-likeness (QED) is 0.408. The number of fused-ring (bicyclic) bond motifs is 1. The molecule has 0 spiro atoms. The van der Waals surface area contributed by atoms with Gasteiger partial charge in [0.2, 0.25) is 5.91 Å². The van der Waals surface area contributed by atoms with Gasteiger partial charge < -0.3 is 19.6 Å². The normalized spacial score (nSPS) is 28.6. The van der Waals surface area contributed by atoms with E-state index in [1.807, 2.05) is 19.9 Å². The average molecular weight is 632 g/mol. The highest BCUT2D eigenvalue weighted by Gasteiger charge is 2.63. The molecule has 4 heterocycles. The van der Waals surface area contributed by atoms with Crippen molar-refractivity contribution in [2.45, 2.75) is 88.8 Å². The van der Waals surface area contributed by atoms with Crippen LogP contribution in [0.4, 0.5) is 17.6 Å². The van der Waals surface area contributed by atoms with Crippen LogP contribution in [0.3, 0.4) is 0 Å². The Bertz CT molecular complexity index is 1610. The standard InChI is InChI=1S/C32H37F4N5O4/c1-18-11-21(12-19(2)45-18)24-13-25(20-5-7-23(33)8-6-20)38-41-16-26(37-27(24)41)29(43)40-10-9-39(17-30(40,3)4)28(42)22-14-31(44,15-22)32(34,35)36/h5-8,13,16,18-19,21-22,44H,9-12,14-15,17H2,1-4H3/t18-,19+,21?,22?,31?. The smallest absolute Gasteiger partial charge is 0.380 e. The number of aromatic nitrogens is 3. The summed E-state index contributed by atoms with van der Waals surface area (Å²) in [5.41, 5.74) is -0.697. The van der Waals surface area contributed by atoms with Crippen molar-refractivity contribution in [2.24, 2.45) is 5.92 Å². The molecule has 3 atom stereocenters. The average Bonchev–Trinajstić information content (AvgIpc) is 3.37. The number of carbonyl (C=O) groups excluding carboxylic acids is 2. The zero-order chi connectivity index (χ0) is 32.5. The summed E-state index contributed by atoms with van der Waals surface area (Å²) in [5, 5.41) is 14.5. The molecule has 2 aliphatic heterocycles. The van der Waals surface area contributed by atoms with Crippen LogP contribution in [0.1, 0.15) is 75.3 Å². The zero-order valence-corrected chi connectivity index (χ0v) is 25.6. The Morgan fingerprint density at radius 1 is 1.04 bits per heavy atom. The molecule has 3 aliphatic rings. The molecule has 242 valence electrons. The lowest BCUT2D eigenvalue weighted by molar-refractivity contribution is -0.297. The second-order valence-electron chi connectivity index (χ2n) is 13.5. The lowest BCUT2D eigenvalue weighted by Gasteiger charge is -2.50. The maximum absolute atomic E-state index is 13.9. The van der Waals surface area contributed by atoms with Crippen molar-refractivity contribution in [3.05, 3.63) is 53.6 Å². The largest absolute Gasteiger partial charge is 0.417 e. The van der Waals surface area contributed by atoms with Gasteiger partial charge in [0, 0.05) is 36.7 Å². The van der Waals surface area contributed by atoms with Crippen molar-refractivity contribution < 1.29 is 37.0 Å². The van der Waals surface area contributed by atoms with Crippen LogP contribution < -0.4 is 0 Å². The van der Waals surface area contributed by atoms with E-state index in [4.69, 9.17) is 14.8 Å². The molecule has 0 bridgehead atoms. The molecule has 1 unspecified atom stereocenters. The van der Waals surface area contributed by atoms with Crippen LogP contribution in [0.15, 0.2) is 36.5 Å². The van der Waals surface area contributed by atoms with Crippen LogP contribution in [-0.2, 0) is 9.53 Å². The Morgan fingerprint density at radius 2 is 1.69 bits per heavy atom. The third-order valence-corrected chi connectivity index (χ3v) is 9.45. The van der Waals surface area contributed by atoms with E-state index in [-0.39, 0.29) is 55.2 Å². The van der Waals surface area contributed by atoms with Crippen molar-refractivity contribution in [3.8, 4) is 11.3 Å². The first-order valence-corrected chi connectivity index (χ1v) is 15.3. The highest BCUT2D eigenvalue weighted by molar-refractivity contribution is 5.94. The number of piperazine rings is 1.